The van der Waals surface area contributed by atoms with Crippen molar-refractivity contribution in [2.24, 2.45) is 5.92 Å². The lowest BCUT2D eigenvalue weighted by Gasteiger charge is -2.31. The van der Waals surface area contributed by atoms with E-state index in [1.54, 1.807) is 0 Å². The van der Waals surface area contributed by atoms with E-state index in [1.807, 2.05) is 12.4 Å². The molecular formula is C21H29N3O. The highest BCUT2D eigenvalue weighted by Crippen LogP contribution is 2.28. The van der Waals surface area contributed by atoms with E-state index in [9.17, 15) is 5.11 Å². The summed E-state index contributed by atoms with van der Waals surface area (Å²) in [5.74, 6) is 0.438. The third-order valence-electron chi connectivity index (χ3n) is 5.21. The monoisotopic (exact) mass is 339 g/mol. The van der Waals surface area contributed by atoms with Crippen LogP contribution in [0.4, 0.5) is 0 Å². The maximum absolute atomic E-state index is 9.42. The van der Waals surface area contributed by atoms with Gasteiger partial charge in [-0.05, 0) is 44.7 Å². The van der Waals surface area contributed by atoms with Crippen molar-refractivity contribution in [3.63, 3.8) is 0 Å². The van der Waals surface area contributed by atoms with Gasteiger partial charge in [-0.15, -0.1) is 0 Å². The molecule has 0 unspecified atom stereocenters. The zero-order valence-electron chi connectivity index (χ0n) is 15.4. The quantitative estimate of drug-likeness (QED) is 0.873. The number of hydrogen-bond acceptors (Lipinski definition) is 3. The Labute approximate surface area is 150 Å². The zero-order chi connectivity index (χ0) is 17.6. The van der Waals surface area contributed by atoms with Gasteiger partial charge in [0.25, 0.3) is 0 Å². The van der Waals surface area contributed by atoms with Crippen LogP contribution in [0.3, 0.4) is 0 Å². The highest BCUT2D eigenvalue weighted by Gasteiger charge is 2.20. The maximum Gasteiger partial charge on any atom is 0.0959 e. The van der Waals surface area contributed by atoms with Crippen molar-refractivity contribution in [3.05, 3.63) is 48.4 Å². The molecule has 1 saturated heterocycles. The Kier molecular flexibility index (Phi) is 6.05. The first kappa shape index (κ1) is 17.9. The van der Waals surface area contributed by atoms with Gasteiger partial charge in [0.2, 0.25) is 0 Å². The second kappa shape index (κ2) is 8.45. The number of aliphatic hydroxyl groups is 1. The lowest BCUT2D eigenvalue weighted by atomic mass is 9.99. The molecule has 4 heteroatoms. The molecule has 4 nitrogen and oxygen atoms in total. The Morgan fingerprint density at radius 3 is 2.80 bits per heavy atom. The third kappa shape index (κ3) is 4.20. The molecule has 0 amide bonds. The Morgan fingerprint density at radius 1 is 1.28 bits per heavy atom. The summed E-state index contributed by atoms with van der Waals surface area (Å²) in [6.07, 6.45) is 6.46. The first-order valence-electron chi connectivity index (χ1n) is 9.30. The molecule has 1 fully saturated rings. The highest BCUT2D eigenvalue weighted by molar-refractivity contribution is 5.76. The Morgan fingerprint density at radius 2 is 2.08 bits per heavy atom. The molecule has 0 radical (unpaired) electrons. The average Bonchev–Trinajstić information content (AvgIpc) is 3.10. The molecular weight excluding hydrogens is 310 g/mol. The van der Waals surface area contributed by atoms with Crippen molar-refractivity contribution in [2.45, 2.75) is 33.2 Å². The molecule has 1 atom stereocenters. The number of benzene rings is 1. The molecule has 3 rings (SSSR count). The smallest absolute Gasteiger partial charge is 0.0959 e. The fourth-order valence-electron chi connectivity index (χ4n) is 3.66. The van der Waals surface area contributed by atoms with E-state index in [1.165, 1.54) is 17.7 Å². The highest BCUT2D eigenvalue weighted by atomic mass is 16.3. The van der Waals surface area contributed by atoms with Crippen molar-refractivity contribution in [3.8, 4) is 11.3 Å². The van der Waals surface area contributed by atoms with Gasteiger partial charge in [0.15, 0.2) is 0 Å². The largest absolute Gasteiger partial charge is 0.396 e. The normalized spacial score (nSPS) is 19.3. The van der Waals surface area contributed by atoms with Crippen LogP contribution in [-0.4, -0.2) is 45.8 Å². The predicted molar refractivity (Wildman–Crippen MR) is 103 cm³/mol. The Hall–Kier alpha value is -1.91. The van der Waals surface area contributed by atoms with Crippen molar-refractivity contribution < 1.29 is 5.11 Å². The number of hydrogen-bond donors (Lipinski definition) is 1. The molecule has 134 valence electrons. The number of allylic oxidation sites excluding steroid dienone is 2. The van der Waals surface area contributed by atoms with Crippen LogP contribution in [0.5, 0.6) is 0 Å². The number of aliphatic hydroxyl groups excluding tert-OH is 1. The molecule has 25 heavy (non-hydrogen) atoms. The molecule has 1 aromatic heterocycles. The lowest BCUT2D eigenvalue weighted by Crippen LogP contribution is -2.38. The summed E-state index contributed by atoms with van der Waals surface area (Å²) in [7, 11) is 0. The fourth-order valence-corrected chi connectivity index (χ4v) is 3.66. The number of nitrogens with zero attached hydrogens (tertiary/aromatic N) is 3. The van der Waals surface area contributed by atoms with Crippen LogP contribution < -0.4 is 0 Å². The number of imidazole rings is 1. The minimum atomic E-state index is 0.308. The zero-order valence-corrected chi connectivity index (χ0v) is 15.4. The molecule has 0 bridgehead atoms. The molecule has 1 aliphatic rings. The van der Waals surface area contributed by atoms with Crippen LogP contribution >= 0.6 is 0 Å². The topological polar surface area (TPSA) is 41.3 Å². The van der Waals surface area contributed by atoms with Crippen molar-refractivity contribution in [1.29, 1.82) is 0 Å². The lowest BCUT2D eigenvalue weighted by molar-refractivity contribution is 0.118. The summed E-state index contributed by atoms with van der Waals surface area (Å²) < 4.78 is 2.28. The van der Waals surface area contributed by atoms with E-state index in [0.29, 0.717) is 12.5 Å². The van der Waals surface area contributed by atoms with Crippen LogP contribution in [0.1, 0.15) is 32.4 Å². The molecule has 2 aromatic rings. The molecule has 0 spiro atoms. The third-order valence-corrected chi connectivity index (χ3v) is 5.21. The molecule has 0 saturated carbocycles. The van der Waals surface area contributed by atoms with Gasteiger partial charge >= 0.3 is 0 Å². The van der Waals surface area contributed by atoms with E-state index < -0.39 is 0 Å². The van der Waals surface area contributed by atoms with E-state index in [2.05, 4.69) is 53.7 Å². The molecule has 1 aliphatic heterocycles. The van der Waals surface area contributed by atoms with Crippen LogP contribution in [-0.2, 0) is 6.54 Å². The standard InChI is InChI=1S/C21H29N3O/c1-3-17(2)21-20(19-9-5-4-6-10-19)22-16-24(21)13-12-23-11-7-8-18(14-23)15-25/h3-6,9-10,16,18,25H,7-8,11-15H2,1-2H3/b17-3+/t18-/m0/s1. The van der Waals surface area contributed by atoms with Gasteiger partial charge in [0.05, 0.1) is 17.7 Å². The SMILES string of the molecule is C/C=C(\C)c1c(-c2ccccc2)ncn1CCN1CCC[C@H](CO)C1. The van der Waals surface area contributed by atoms with Gasteiger partial charge in [-0.3, -0.25) is 0 Å². The maximum atomic E-state index is 9.42. The molecule has 1 aromatic carbocycles. The van der Waals surface area contributed by atoms with Gasteiger partial charge in [-0.25, -0.2) is 4.98 Å². The minimum absolute atomic E-state index is 0.308. The van der Waals surface area contributed by atoms with Gasteiger partial charge in [-0.2, -0.15) is 0 Å². The molecule has 0 aliphatic carbocycles. The van der Waals surface area contributed by atoms with Gasteiger partial charge in [0.1, 0.15) is 0 Å². The summed E-state index contributed by atoms with van der Waals surface area (Å²) >= 11 is 0. The van der Waals surface area contributed by atoms with Gasteiger partial charge < -0.3 is 14.6 Å². The first-order valence-corrected chi connectivity index (χ1v) is 9.30. The summed E-state index contributed by atoms with van der Waals surface area (Å²) in [5.41, 5.74) is 4.69. The summed E-state index contributed by atoms with van der Waals surface area (Å²) in [4.78, 5) is 7.19. The van der Waals surface area contributed by atoms with Crippen molar-refractivity contribution >= 4 is 5.57 Å². The molecule has 1 N–H and O–H groups in total. The second-order valence-electron chi connectivity index (χ2n) is 6.96. The second-order valence-corrected chi connectivity index (χ2v) is 6.96. The van der Waals surface area contributed by atoms with E-state index in [4.69, 9.17) is 4.98 Å². The van der Waals surface area contributed by atoms with E-state index in [-0.39, 0.29) is 0 Å². The number of piperidine rings is 1. The fraction of sp³-hybridized carbons (Fsp3) is 0.476. The number of likely N-dealkylation sites (tertiary alicyclic amines) is 1. The number of rotatable bonds is 6. The Bertz CT molecular complexity index is 705. The summed E-state index contributed by atoms with van der Waals surface area (Å²) in [5, 5.41) is 9.42. The first-order chi connectivity index (χ1) is 12.2. The summed E-state index contributed by atoms with van der Waals surface area (Å²) in [6.45, 7) is 8.62. The van der Waals surface area contributed by atoms with Gasteiger partial charge in [-0.1, -0.05) is 36.4 Å². The van der Waals surface area contributed by atoms with E-state index >= 15 is 0 Å². The van der Waals surface area contributed by atoms with Gasteiger partial charge in [0, 0.05) is 31.8 Å². The van der Waals surface area contributed by atoms with Crippen molar-refractivity contribution in [2.75, 3.05) is 26.2 Å². The average molecular weight is 339 g/mol. The predicted octanol–water partition coefficient (Wildman–Crippen LogP) is 3.68. The van der Waals surface area contributed by atoms with Crippen LogP contribution in [0.15, 0.2) is 42.7 Å². The van der Waals surface area contributed by atoms with E-state index in [0.717, 1.165) is 43.9 Å². The molecule has 2 heterocycles. The minimum Gasteiger partial charge on any atom is -0.396 e. The van der Waals surface area contributed by atoms with Crippen LogP contribution in [0.25, 0.3) is 16.8 Å². The van der Waals surface area contributed by atoms with Crippen molar-refractivity contribution in [1.82, 2.24) is 14.5 Å². The number of aromatic nitrogens is 2. The van der Waals surface area contributed by atoms with Crippen LogP contribution in [0.2, 0.25) is 0 Å². The Balaban J connectivity index is 1.78. The summed E-state index contributed by atoms with van der Waals surface area (Å²) in [6, 6.07) is 10.4. The van der Waals surface area contributed by atoms with Crippen LogP contribution in [0, 0.1) is 5.92 Å².